The van der Waals surface area contributed by atoms with Crippen molar-refractivity contribution < 1.29 is 9.84 Å². The highest BCUT2D eigenvalue weighted by Crippen LogP contribution is 2.38. The lowest BCUT2D eigenvalue weighted by molar-refractivity contribution is -0.201. The quantitative estimate of drug-likeness (QED) is 0.466. The van der Waals surface area contributed by atoms with Crippen LogP contribution in [0, 0.1) is 11.3 Å². The first-order valence-corrected chi connectivity index (χ1v) is 8.93. The van der Waals surface area contributed by atoms with Crippen molar-refractivity contribution in [3.05, 3.63) is 24.3 Å². The molecule has 0 aromatic carbocycles. The fraction of sp³-hybridized carbons (Fsp3) is 0.800. The predicted molar refractivity (Wildman–Crippen MR) is 94.7 cm³/mol. The molecule has 0 aromatic rings. The van der Waals surface area contributed by atoms with Gasteiger partial charge in [0.05, 0.1) is 5.60 Å². The summed E-state index contributed by atoms with van der Waals surface area (Å²) in [4.78, 5) is 0. The molecule has 128 valence electrons. The normalized spacial score (nSPS) is 21.2. The van der Waals surface area contributed by atoms with Crippen molar-refractivity contribution in [3.63, 3.8) is 0 Å². The second kappa shape index (κ2) is 8.31. The Labute approximate surface area is 137 Å². The SMILES string of the molecule is C=C(/C=C\C(CC)C(O)OC1(CC)CCCC1)CC(C)(C)C. The van der Waals surface area contributed by atoms with Crippen LogP contribution in [0.4, 0.5) is 0 Å². The number of rotatable bonds is 8. The Morgan fingerprint density at radius 2 is 1.86 bits per heavy atom. The predicted octanol–water partition coefficient (Wildman–Crippen LogP) is 5.62. The minimum Gasteiger partial charge on any atom is -0.367 e. The van der Waals surface area contributed by atoms with Crippen molar-refractivity contribution in [2.24, 2.45) is 11.3 Å². The molecule has 0 aromatic heterocycles. The van der Waals surface area contributed by atoms with Crippen molar-refractivity contribution in [1.29, 1.82) is 0 Å². The summed E-state index contributed by atoms with van der Waals surface area (Å²) < 4.78 is 6.11. The van der Waals surface area contributed by atoms with Gasteiger partial charge in [0.2, 0.25) is 0 Å². The smallest absolute Gasteiger partial charge is 0.161 e. The van der Waals surface area contributed by atoms with Gasteiger partial charge in [-0.2, -0.15) is 0 Å². The molecule has 0 amide bonds. The molecule has 0 heterocycles. The Morgan fingerprint density at radius 1 is 1.27 bits per heavy atom. The third-order valence-corrected chi connectivity index (χ3v) is 4.70. The third-order valence-electron chi connectivity index (χ3n) is 4.70. The van der Waals surface area contributed by atoms with Gasteiger partial charge < -0.3 is 9.84 Å². The molecule has 1 rings (SSSR count). The number of ether oxygens (including phenoxy) is 1. The average Bonchev–Trinajstić information content (AvgIpc) is 2.86. The molecule has 22 heavy (non-hydrogen) atoms. The number of aliphatic hydroxyl groups is 1. The minimum absolute atomic E-state index is 0.0424. The molecule has 0 spiro atoms. The van der Waals surface area contributed by atoms with E-state index in [9.17, 15) is 5.11 Å². The van der Waals surface area contributed by atoms with Crippen LogP contribution in [-0.4, -0.2) is 17.0 Å². The zero-order valence-electron chi connectivity index (χ0n) is 15.3. The Morgan fingerprint density at radius 3 is 2.32 bits per heavy atom. The van der Waals surface area contributed by atoms with Crippen molar-refractivity contribution >= 4 is 0 Å². The highest BCUT2D eigenvalue weighted by atomic mass is 16.6. The minimum atomic E-state index is -0.707. The van der Waals surface area contributed by atoms with Gasteiger partial charge in [-0.3, -0.25) is 0 Å². The fourth-order valence-corrected chi connectivity index (χ4v) is 3.35. The fourth-order valence-electron chi connectivity index (χ4n) is 3.35. The van der Waals surface area contributed by atoms with Crippen molar-refractivity contribution in [1.82, 2.24) is 0 Å². The van der Waals surface area contributed by atoms with Crippen molar-refractivity contribution in [3.8, 4) is 0 Å². The topological polar surface area (TPSA) is 29.5 Å². The summed E-state index contributed by atoms with van der Waals surface area (Å²) in [5, 5.41) is 10.5. The van der Waals surface area contributed by atoms with Crippen LogP contribution in [-0.2, 0) is 4.74 Å². The standard InChI is InChI=1S/C20H36O2/c1-7-17(12-11-16(3)15-19(4,5)6)18(21)22-20(8-2)13-9-10-14-20/h11-12,17-18,21H,3,7-10,13-15H2,1-2,4-6H3/b12-11-. The molecule has 2 atom stereocenters. The van der Waals surface area contributed by atoms with Gasteiger partial charge in [0.25, 0.3) is 0 Å². The van der Waals surface area contributed by atoms with E-state index in [-0.39, 0.29) is 16.9 Å². The second-order valence-electron chi connectivity index (χ2n) is 8.08. The van der Waals surface area contributed by atoms with Crippen LogP contribution in [0.3, 0.4) is 0 Å². The molecule has 2 unspecified atom stereocenters. The maximum atomic E-state index is 10.5. The van der Waals surface area contributed by atoms with Gasteiger partial charge >= 0.3 is 0 Å². The highest BCUT2D eigenvalue weighted by molar-refractivity contribution is 5.16. The van der Waals surface area contributed by atoms with Crippen molar-refractivity contribution in [2.45, 2.75) is 91.5 Å². The van der Waals surface area contributed by atoms with Gasteiger partial charge in [0.15, 0.2) is 6.29 Å². The second-order valence-corrected chi connectivity index (χ2v) is 8.08. The molecule has 1 saturated carbocycles. The molecule has 0 radical (unpaired) electrons. The van der Waals surface area contributed by atoms with Crippen LogP contribution < -0.4 is 0 Å². The van der Waals surface area contributed by atoms with Gasteiger partial charge in [0.1, 0.15) is 0 Å². The lowest BCUT2D eigenvalue weighted by Gasteiger charge is -2.33. The molecule has 1 aliphatic rings. The molecule has 0 saturated heterocycles. The lowest BCUT2D eigenvalue weighted by atomic mass is 9.88. The average molecular weight is 309 g/mol. The Bertz CT molecular complexity index is 370. The molecule has 0 bridgehead atoms. The molecule has 2 heteroatoms. The zero-order valence-corrected chi connectivity index (χ0v) is 15.3. The molecule has 1 N–H and O–H groups in total. The maximum absolute atomic E-state index is 10.5. The van der Waals surface area contributed by atoms with Crippen molar-refractivity contribution in [2.75, 3.05) is 0 Å². The van der Waals surface area contributed by atoms with E-state index in [1.54, 1.807) is 0 Å². The van der Waals surface area contributed by atoms with Crippen LogP contribution in [0.25, 0.3) is 0 Å². The Kier molecular flexibility index (Phi) is 7.34. The van der Waals surface area contributed by atoms with Crippen LogP contribution >= 0.6 is 0 Å². The van der Waals surface area contributed by atoms with E-state index in [0.717, 1.165) is 37.7 Å². The monoisotopic (exact) mass is 308 g/mol. The number of allylic oxidation sites excluding steroid dienone is 2. The molecular formula is C20H36O2. The lowest BCUT2D eigenvalue weighted by Crippen LogP contribution is -2.36. The van der Waals surface area contributed by atoms with E-state index in [1.165, 1.54) is 12.8 Å². The molecule has 1 aliphatic carbocycles. The largest absolute Gasteiger partial charge is 0.367 e. The highest BCUT2D eigenvalue weighted by Gasteiger charge is 2.36. The van der Waals surface area contributed by atoms with Crippen LogP contribution in [0.1, 0.15) is 79.6 Å². The Balaban J connectivity index is 2.60. The van der Waals surface area contributed by atoms with Gasteiger partial charge in [-0.05, 0) is 37.5 Å². The van der Waals surface area contributed by atoms with E-state index in [0.29, 0.717) is 0 Å². The first kappa shape index (κ1) is 19.4. The van der Waals surface area contributed by atoms with E-state index in [1.807, 2.05) is 0 Å². The van der Waals surface area contributed by atoms with Crippen LogP contribution in [0.15, 0.2) is 24.3 Å². The number of hydrogen-bond acceptors (Lipinski definition) is 2. The first-order chi connectivity index (χ1) is 10.2. The van der Waals surface area contributed by atoms with E-state index in [4.69, 9.17) is 4.74 Å². The summed E-state index contributed by atoms with van der Waals surface area (Å²) in [6.45, 7) is 15.0. The molecular weight excluding hydrogens is 272 g/mol. The van der Waals surface area contributed by atoms with E-state index in [2.05, 4.69) is 53.3 Å². The number of hydrogen-bond donors (Lipinski definition) is 1. The number of aliphatic hydroxyl groups excluding tert-OH is 1. The van der Waals surface area contributed by atoms with Gasteiger partial charge in [-0.1, -0.05) is 71.8 Å². The summed E-state index contributed by atoms with van der Waals surface area (Å²) in [5.74, 6) is 0.0424. The van der Waals surface area contributed by atoms with Gasteiger partial charge in [-0.25, -0.2) is 0 Å². The summed E-state index contributed by atoms with van der Waals surface area (Å²) in [7, 11) is 0. The summed E-state index contributed by atoms with van der Waals surface area (Å²) in [6, 6.07) is 0. The van der Waals surface area contributed by atoms with E-state index < -0.39 is 6.29 Å². The van der Waals surface area contributed by atoms with E-state index >= 15 is 0 Å². The maximum Gasteiger partial charge on any atom is 0.161 e. The first-order valence-electron chi connectivity index (χ1n) is 8.93. The Hall–Kier alpha value is -0.600. The van der Waals surface area contributed by atoms with Gasteiger partial charge in [-0.15, -0.1) is 0 Å². The molecule has 0 aliphatic heterocycles. The van der Waals surface area contributed by atoms with Crippen LogP contribution in [0.5, 0.6) is 0 Å². The summed E-state index contributed by atoms with van der Waals surface area (Å²) in [6.07, 6.45) is 10.9. The zero-order chi connectivity index (χ0) is 16.8. The summed E-state index contributed by atoms with van der Waals surface area (Å²) >= 11 is 0. The molecule has 1 fully saturated rings. The van der Waals surface area contributed by atoms with Crippen LogP contribution in [0.2, 0.25) is 0 Å². The summed E-state index contributed by atoms with van der Waals surface area (Å²) in [5.41, 5.74) is 1.27. The third kappa shape index (κ3) is 6.26. The van der Waals surface area contributed by atoms with Gasteiger partial charge in [0, 0.05) is 5.92 Å². The molecule has 2 nitrogen and oxygen atoms in total.